The molecule has 168 valence electrons. The van der Waals surface area contributed by atoms with Gasteiger partial charge >= 0.3 is 0 Å². The molecular formula is C26H31FN4O. The van der Waals surface area contributed by atoms with Crippen LogP contribution in [-0.2, 0) is 19.5 Å². The van der Waals surface area contributed by atoms with Gasteiger partial charge in [-0.15, -0.1) is 0 Å². The molecule has 3 aromatic carbocycles. The zero-order valence-electron chi connectivity index (χ0n) is 18.8. The summed E-state index contributed by atoms with van der Waals surface area (Å²) >= 11 is 0. The van der Waals surface area contributed by atoms with E-state index in [-0.39, 0.29) is 5.69 Å². The minimum absolute atomic E-state index is 0.0995. The summed E-state index contributed by atoms with van der Waals surface area (Å²) in [5.41, 5.74) is 11.9. The van der Waals surface area contributed by atoms with Gasteiger partial charge in [0.2, 0.25) is 0 Å². The molecular weight excluding hydrogens is 403 g/mol. The molecule has 0 saturated heterocycles. The van der Waals surface area contributed by atoms with Crippen LogP contribution in [0.5, 0.6) is 5.75 Å². The maximum Gasteiger partial charge on any atom is 0.151 e. The lowest BCUT2D eigenvalue weighted by Gasteiger charge is -2.21. The van der Waals surface area contributed by atoms with Crippen LogP contribution in [0.3, 0.4) is 0 Å². The number of anilines is 2. The standard InChI is InChI=1S/C26H31FN4O/c1-3-31(29)23-11-10-20(25(27)26(23)28)14-19-9-8-18(2)22(15-19)17-30-12-13-32-24-7-5-4-6-21(24)16-30/h4-11,15H,3,12-14,16-17,28-29H2,1-2H3. The minimum Gasteiger partial charge on any atom is -0.492 e. The summed E-state index contributed by atoms with van der Waals surface area (Å²) in [6.07, 6.45) is 0.478. The fourth-order valence-corrected chi connectivity index (χ4v) is 4.17. The zero-order valence-corrected chi connectivity index (χ0v) is 18.8. The van der Waals surface area contributed by atoms with Gasteiger partial charge < -0.3 is 15.5 Å². The van der Waals surface area contributed by atoms with Crippen LogP contribution in [0.4, 0.5) is 15.8 Å². The summed E-state index contributed by atoms with van der Waals surface area (Å²) in [6.45, 7) is 7.76. The van der Waals surface area contributed by atoms with Gasteiger partial charge in [0.15, 0.2) is 5.82 Å². The van der Waals surface area contributed by atoms with Gasteiger partial charge in [-0.25, -0.2) is 10.2 Å². The lowest BCUT2D eigenvalue weighted by molar-refractivity contribution is 0.219. The molecule has 1 heterocycles. The quantitative estimate of drug-likeness (QED) is 0.342. The Kier molecular flexibility index (Phi) is 6.63. The molecule has 0 bridgehead atoms. The van der Waals surface area contributed by atoms with E-state index in [2.05, 4.69) is 36.1 Å². The molecule has 0 atom stereocenters. The Balaban J connectivity index is 1.53. The fourth-order valence-electron chi connectivity index (χ4n) is 4.17. The number of hydrazine groups is 1. The monoisotopic (exact) mass is 434 g/mol. The first-order valence-corrected chi connectivity index (χ1v) is 11.1. The Bertz CT molecular complexity index is 1100. The summed E-state index contributed by atoms with van der Waals surface area (Å²) in [5.74, 6) is 6.48. The summed E-state index contributed by atoms with van der Waals surface area (Å²) in [7, 11) is 0. The molecule has 0 aliphatic carbocycles. The van der Waals surface area contributed by atoms with Crippen molar-refractivity contribution in [2.45, 2.75) is 33.4 Å². The molecule has 6 heteroatoms. The summed E-state index contributed by atoms with van der Waals surface area (Å²) in [5, 5.41) is 1.45. The molecule has 4 rings (SSSR count). The second kappa shape index (κ2) is 9.59. The van der Waals surface area contributed by atoms with E-state index < -0.39 is 5.82 Å². The van der Waals surface area contributed by atoms with E-state index in [4.69, 9.17) is 16.3 Å². The van der Waals surface area contributed by atoms with E-state index >= 15 is 0 Å². The number of hydrogen-bond donors (Lipinski definition) is 2. The van der Waals surface area contributed by atoms with E-state index in [1.54, 1.807) is 12.1 Å². The number of para-hydroxylation sites is 1. The molecule has 0 aromatic heterocycles. The van der Waals surface area contributed by atoms with E-state index in [1.165, 1.54) is 21.7 Å². The van der Waals surface area contributed by atoms with Gasteiger partial charge in [-0.3, -0.25) is 4.90 Å². The van der Waals surface area contributed by atoms with Crippen molar-refractivity contribution >= 4 is 11.4 Å². The third-order valence-electron chi connectivity index (χ3n) is 6.12. The maximum absolute atomic E-state index is 15.0. The van der Waals surface area contributed by atoms with Crippen molar-refractivity contribution in [3.05, 3.63) is 88.2 Å². The van der Waals surface area contributed by atoms with Crippen LogP contribution < -0.4 is 21.3 Å². The molecule has 5 nitrogen and oxygen atoms in total. The van der Waals surface area contributed by atoms with Gasteiger partial charge in [0.1, 0.15) is 12.4 Å². The Morgan fingerprint density at radius 3 is 2.72 bits per heavy atom. The van der Waals surface area contributed by atoms with Crippen LogP contribution in [0.15, 0.2) is 54.6 Å². The van der Waals surface area contributed by atoms with Crippen molar-refractivity contribution < 1.29 is 9.13 Å². The van der Waals surface area contributed by atoms with Crippen molar-refractivity contribution in [3.8, 4) is 5.75 Å². The molecule has 32 heavy (non-hydrogen) atoms. The third kappa shape index (κ3) is 4.71. The second-order valence-corrected chi connectivity index (χ2v) is 8.36. The number of nitrogen functional groups attached to an aromatic ring is 1. The number of aryl methyl sites for hydroxylation is 1. The zero-order chi connectivity index (χ0) is 22.7. The van der Waals surface area contributed by atoms with Crippen LogP contribution in [0, 0.1) is 12.7 Å². The first-order valence-electron chi connectivity index (χ1n) is 11.1. The van der Waals surface area contributed by atoms with Gasteiger partial charge in [-0.1, -0.05) is 42.5 Å². The topological polar surface area (TPSA) is 67.8 Å². The molecule has 0 unspecified atom stereocenters. The molecule has 0 spiro atoms. The number of nitrogens with two attached hydrogens (primary N) is 2. The van der Waals surface area contributed by atoms with Gasteiger partial charge in [0, 0.05) is 38.2 Å². The minimum atomic E-state index is -0.394. The van der Waals surface area contributed by atoms with Crippen molar-refractivity contribution in [2.75, 3.05) is 30.4 Å². The summed E-state index contributed by atoms with van der Waals surface area (Å²) < 4.78 is 20.9. The number of benzene rings is 3. The SMILES string of the molecule is CCN(N)c1ccc(Cc2ccc(C)c(CN3CCOc4ccccc4C3)c2)c(F)c1N. The lowest BCUT2D eigenvalue weighted by atomic mass is 9.98. The van der Waals surface area contributed by atoms with E-state index in [9.17, 15) is 4.39 Å². The molecule has 1 aliphatic heterocycles. The largest absolute Gasteiger partial charge is 0.492 e. The normalized spacial score (nSPS) is 13.9. The Morgan fingerprint density at radius 2 is 1.91 bits per heavy atom. The van der Waals surface area contributed by atoms with Gasteiger partial charge in [0.25, 0.3) is 0 Å². The van der Waals surface area contributed by atoms with E-state index in [1.807, 2.05) is 25.1 Å². The molecule has 0 amide bonds. The number of hydrogen-bond acceptors (Lipinski definition) is 5. The first kappa shape index (κ1) is 22.1. The van der Waals surface area contributed by atoms with Crippen molar-refractivity contribution in [3.63, 3.8) is 0 Å². The highest BCUT2D eigenvalue weighted by molar-refractivity contribution is 5.69. The molecule has 4 N–H and O–H groups in total. The molecule has 0 fully saturated rings. The number of ether oxygens (including phenoxy) is 1. The highest BCUT2D eigenvalue weighted by Crippen LogP contribution is 2.29. The van der Waals surface area contributed by atoms with Crippen molar-refractivity contribution in [1.82, 2.24) is 4.90 Å². The van der Waals surface area contributed by atoms with Crippen LogP contribution in [0.1, 0.15) is 34.7 Å². The van der Waals surface area contributed by atoms with Crippen molar-refractivity contribution in [2.24, 2.45) is 5.84 Å². The van der Waals surface area contributed by atoms with Gasteiger partial charge in [-0.2, -0.15) is 0 Å². The average molecular weight is 435 g/mol. The number of halogens is 1. The molecule has 0 saturated carbocycles. The summed E-state index contributed by atoms with van der Waals surface area (Å²) in [6, 6.07) is 18.1. The predicted molar refractivity (Wildman–Crippen MR) is 128 cm³/mol. The maximum atomic E-state index is 15.0. The van der Waals surface area contributed by atoms with Gasteiger partial charge in [-0.05, 0) is 48.2 Å². The molecule has 0 radical (unpaired) electrons. The highest BCUT2D eigenvalue weighted by Gasteiger charge is 2.17. The Morgan fingerprint density at radius 1 is 1.09 bits per heavy atom. The highest BCUT2D eigenvalue weighted by atomic mass is 19.1. The third-order valence-corrected chi connectivity index (χ3v) is 6.12. The van der Waals surface area contributed by atoms with Crippen LogP contribution in [0.2, 0.25) is 0 Å². The Hall–Kier alpha value is -3.09. The number of rotatable bonds is 6. The Labute approximate surface area is 189 Å². The van der Waals surface area contributed by atoms with E-state index in [0.717, 1.165) is 30.9 Å². The number of nitrogens with zero attached hydrogens (tertiary/aromatic N) is 2. The van der Waals surface area contributed by atoms with Crippen LogP contribution >= 0.6 is 0 Å². The number of fused-ring (bicyclic) bond motifs is 1. The second-order valence-electron chi connectivity index (χ2n) is 8.36. The van der Waals surface area contributed by atoms with Gasteiger partial charge in [0.05, 0.1) is 11.4 Å². The lowest BCUT2D eigenvalue weighted by Crippen LogP contribution is -2.31. The van der Waals surface area contributed by atoms with Crippen LogP contribution in [-0.4, -0.2) is 24.6 Å². The average Bonchev–Trinajstić information content (AvgIpc) is 3.00. The van der Waals surface area contributed by atoms with Crippen LogP contribution in [0.25, 0.3) is 0 Å². The van der Waals surface area contributed by atoms with Crippen molar-refractivity contribution in [1.29, 1.82) is 0 Å². The summed E-state index contributed by atoms with van der Waals surface area (Å²) in [4.78, 5) is 2.39. The fraction of sp³-hybridized carbons (Fsp3) is 0.308. The predicted octanol–water partition coefficient (Wildman–Crippen LogP) is 4.40. The van der Waals surface area contributed by atoms with E-state index in [0.29, 0.717) is 30.8 Å². The molecule has 3 aromatic rings. The molecule has 1 aliphatic rings. The smallest absolute Gasteiger partial charge is 0.151 e. The first-order chi connectivity index (χ1) is 15.5.